The van der Waals surface area contributed by atoms with Gasteiger partial charge in [-0.05, 0) is 53.6 Å². The Morgan fingerprint density at radius 3 is 2.40 bits per heavy atom. The Labute approximate surface area is 174 Å². The van der Waals surface area contributed by atoms with Gasteiger partial charge in [-0.3, -0.25) is 9.59 Å². The second-order valence-electron chi connectivity index (χ2n) is 6.86. The van der Waals surface area contributed by atoms with Crippen LogP contribution in [0.15, 0.2) is 95.2 Å². The van der Waals surface area contributed by atoms with Gasteiger partial charge < -0.3 is 15.1 Å². The molecule has 0 atom stereocenters. The minimum absolute atomic E-state index is 0.0892. The molecule has 2 amide bonds. The fourth-order valence-corrected chi connectivity index (χ4v) is 3.16. The Hall–Kier alpha value is -4.12. The van der Waals surface area contributed by atoms with Crippen molar-refractivity contribution in [1.82, 2.24) is 5.32 Å². The molecule has 0 saturated heterocycles. The maximum absolute atomic E-state index is 13.0. The van der Waals surface area contributed by atoms with Gasteiger partial charge >= 0.3 is 0 Å². The zero-order chi connectivity index (χ0) is 20.9. The van der Waals surface area contributed by atoms with E-state index in [4.69, 9.17) is 4.42 Å². The summed E-state index contributed by atoms with van der Waals surface area (Å²) in [6, 6.07) is 24.2. The molecule has 0 saturated carbocycles. The Kier molecular flexibility index (Phi) is 5.44. The average molecular weight is 396 g/mol. The Morgan fingerprint density at radius 1 is 0.867 bits per heavy atom. The number of nitrogens with one attached hydrogen (secondary N) is 2. The zero-order valence-corrected chi connectivity index (χ0v) is 16.4. The van der Waals surface area contributed by atoms with Gasteiger partial charge in [0.15, 0.2) is 0 Å². The van der Waals surface area contributed by atoms with Crippen molar-refractivity contribution in [3.05, 3.63) is 108 Å². The van der Waals surface area contributed by atoms with E-state index < -0.39 is 5.91 Å². The molecule has 4 rings (SSSR count). The van der Waals surface area contributed by atoms with Gasteiger partial charge in [0.05, 0.1) is 6.26 Å². The first-order valence-electron chi connectivity index (χ1n) is 9.52. The number of hydrogen-bond acceptors (Lipinski definition) is 3. The van der Waals surface area contributed by atoms with E-state index in [0.717, 1.165) is 16.3 Å². The lowest BCUT2D eigenvalue weighted by atomic mass is 10.1. The summed E-state index contributed by atoms with van der Waals surface area (Å²) in [7, 11) is 0. The number of aryl methyl sites for hydroxylation is 1. The molecule has 0 unspecified atom stereocenters. The van der Waals surface area contributed by atoms with Crippen molar-refractivity contribution in [1.29, 1.82) is 0 Å². The highest BCUT2D eigenvalue weighted by atomic mass is 16.3. The molecule has 1 aromatic heterocycles. The fraction of sp³-hybridized carbons (Fsp3) is 0.0400. The van der Waals surface area contributed by atoms with E-state index in [2.05, 4.69) is 10.6 Å². The SMILES string of the molecule is Cc1ccccc1C(=O)N/C(=C\c1ccco1)C(=O)Nc1ccc2ccccc2c1. The lowest BCUT2D eigenvalue weighted by Gasteiger charge is -2.12. The van der Waals surface area contributed by atoms with Crippen LogP contribution in [0.2, 0.25) is 0 Å². The normalized spacial score (nSPS) is 11.3. The van der Waals surface area contributed by atoms with E-state index in [1.807, 2.05) is 61.5 Å². The maximum atomic E-state index is 13.0. The van der Waals surface area contributed by atoms with Crippen LogP contribution in [0.1, 0.15) is 21.7 Å². The van der Waals surface area contributed by atoms with Crippen LogP contribution in [0.3, 0.4) is 0 Å². The standard InChI is InChI=1S/C25H20N2O3/c1-17-7-2-5-11-22(17)24(28)27-23(16-21-10-6-14-30-21)25(29)26-20-13-12-18-8-3-4-9-19(18)15-20/h2-16H,1H3,(H,26,29)(H,27,28)/b23-16-. The molecule has 5 nitrogen and oxygen atoms in total. The van der Waals surface area contributed by atoms with E-state index >= 15 is 0 Å². The van der Waals surface area contributed by atoms with Crippen molar-refractivity contribution in [2.75, 3.05) is 5.32 Å². The molecule has 0 spiro atoms. The highest BCUT2D eigenvalue weighted by Crippen LogP contribution is 2.20. The van der Waals surface area contributed by atoms with Gasteiger partial charge in [-0.2, -0.15) is 0 Å². The first-order chi connectivity index (χ1) is 14.6. The Morgan fingerprint density at radius 2 is 1.63 bits per heavy atom. The monoisotopic (exact) mass is 396 g/mol. The summed E-state index contributed by atoms with van der Waals surface area (Å²) in [5.74, 6) is -0.341. The molecule has 30 heavy (non-hydrogen) atoms. The van der Waals surface area contributed by atoms with Crippen LogP contribution in [-0.4, -0.2) is 11.8 Å². The quantitative estimate of drug-likeness (QED) is 0.458. The third kappa shape index (κ3) is 4.31. The number of amides is 2. The smallest absolute Gasteiger partial charge is 0.272 e. The fourth-order valence-electron chi connectivity index (χ4n) is 3.16. The zero-order valence-electron chi connectivity index (χ0n) is 16.4. The van der Waals surface area contributed by atoms with Crippen molar-refractivity contribution in [3.63, 3.8) is 0 Å². The van der Waals surface area contributed by atoms with E-state index in [1.54, 1.807) is 24.3 Å². The van der Waals surface area contributed by atoms with E-state index in [-0.39, 0.29) is 11.6 Å². The molecule has 0 aliphatic carbocycles. The van der Waals surface area contributed by atoms with E-state index in [9.17, 15) is 9.59 Å². The maximum Gasteiger partial charge on any atom is 0.272 e. The van der Waals surface area contributed by atoms with Gasteiger partial charge in [-0.25, -0.2) is 0 Å². The lowest BCUT2D eigenvalue weighted by Crippen LogP contribution is -2.31. The summed E-state index contributed by atoms with van der Waals surface area (Å²) in [6.07, 6.45) is 3.01. The number of carbonyl (C=O) groups excluding carboxylic acids is 2. The van der Waals surface area contributed by atoms with Crippen molar-refractivity contribution in [3.8, 4) is 0 Å². The van der Waals surface area contributed by atoms with Crippen molar-refractivity contribution >= 4 is 34.4 Å². The number of fused-ring (bicyclic) bond motifs is 1. The molecule has 2 N–H and O–H groups in total. The summed E-state index contributed by atoms with van der Waals surface area (Å²) in [5.41, 5.74) is 2.05. The second kappa shape index (κ2) is 8.49. The summed E-state index contributed by atoms with van der Waals surface area (Å²) >= 11 is 0. The molecule has 4 aromatic rings. The van der Waals surface area contributed by atoms with Crippen molar-refractivity contribution in [2.24, 2.45) is 0 Å². The van der Waals surface area contributed by atoms with Crippen LogP contribution in [0.4, 0.5) is 5.69 Å². The third-order valence-corrected chi connectivity index (χ3v) is 4.72. The molecule has 0 aliphatic rings. The molecule has 5 heteroatoms. The van der Waals surface area contributed by atoms with Gasteiger partial charge in [0, 0.05) is 17.3 Å². The molecular weight excluding hydrogens is 376 g/mol. The van der Waals surface area contributed by atoms with Gasteiger partial charge in [0.2, 0.25) is 0 Å². The molecule has 0 radical (unpaired) electrons. The molecule has 0 fully saturated rings. The molecular formula is C25H20N2O3. The molecule has 148 valence electrons. The lowest BCUT2D eigenvalue weighted by molar-refractivity contribution is -0.113. The first-order valence-corrected chi connectivity index (χ1v) is 9.52. The van der Waals surface area contributed by atoms with Gasteiger partial charge in [0.1, 0.15) is 11.5 Å². The first kappa shape index (κ1) is 19.2. The predicted molar refractivity (Wildman–Crippen MR) is 118 cm³/mol. The van der Waals surface area contributed by atoms with Crippen LogP contribution < -0.4 is 10.6 Å². The number of hydrogen-bond donors (Lipinski definition) is 2. The van der Waals surface area contributed by atoms with Gasteiger partial charge in [0.25, 0.3) is 11.8 Å². The predicted octanol–water partition coefficient (Wildman–Crippen LogP) is 5.15. The Balaban J connectivity index is 1.61. The van der Waals surface area contributed by atoms with Crippen LogP contribution >= 0.6 is 0 Å². The van der Waals surface area contributed by atoms with Crippen LogP contribution in [0.5, 0.6) is 0 Å². The van der Waals surface area contributed by atoms with Crippen molar-refractivity contribution in [2.45, 2.75) is 6.92 Å². The molecule has 1 heterocycles. The van der Waals surface area contributed by atoms with E-state index in [0.29, 0.717) is 17.0 Å². The van der Waals surface area contributed by atoms with Gasteiger partial charge in [-0.15, -0.1) is 0 Å². The molecule has 0 aliphatic heterocycles. The highest BCUT2D eigenvalue weighted by molar-refractivity contribution is 6.11. The minimum atomic E-state index is -0.441. The highest BCUT2D eigenvalue weighted by Gasteiger charge is 2.17. The number of furan rings is 1. The van der Waals surface area contributed by atoms with Crippen LogP contribution in [0, 0.1) is 6.92 Å². The van der Waals surface area contributed by atoms with Gasteiger partial charge in [-0.1, -0.05) is 48.5 Å². The van der Waals surface area contributed by atoms with Crippen molar-refractivity contribution < 1.29 is 14.0 Å². The van der Waals surface area contributed by atoms with E-state index in [1.165, 1.54) is 12.3 Å². The number of benzene rings is 3. The average Bonchev–Trinajstić information content (AvgIpc) is 3.26. The third-order valence-electron chi connectivity index (χ3n) is 4.72. The topological polar surface area (TPSA) is 71.3 Å². The Bertz CT molecular complexity index is 1240. The second-order valence-corrected chi connectivity index (χ2v) is 6.86. The number of carbonyl (C=O) groups is 2. The minimum Gasteiger partial charge on any atom is -0.465 e. The summed E-state index contributed by atoms with van der Waals surface area (Å²) in [6.45, 7) is 1.85. The van der Waals surface area contributed by atoms with Crippen LogP contribution in [0.25, 0.3) is 16.8 Å². The number of rotatable bonds is 5. The summed E-state index contributed by atoms with van der Waals surface area (Å²) < 4.78 is 5.33. The molecule has 3 aromatic carbocycles. The summed E-state index contributed by atoms with van der Waals surface area (Å²) in [4.78, 5) is 25.8. The molecule has 0 bridgehead atoms. The number of anilines is 1. The largest absolute Gasteiger partial charge is 0.465 e. The summed E-state index contributed by atoms with van der Waals surface area (Å²) in [5, 5.41) is 7.66. The van der Waals surface area contributed by atoms with Crippen LogP contribution in [-0.2, 0) is 4.79 Å².